The SMILES string of the molecule is C1CO1.C1CO1.C=CC(=O)O. The maximum atomic E-state index is 9.25. The Morgan fingerprint density at radius 3 is 1.45 bits per heavy atom. The van der Waals surface area contributed by atoms with E-state index < -0.39 is 5.97 Å². The first kappa shape index (κ1) is 10.1. The molecule has 0 amide bonds. The third-order valence-corrected chi connectivity index (χ3v) is 0.583. The number of hydrogen-bond donors (Lipinski definition) is 1. The Kier molecular flexibility index (Phi) is 6.67. The van der Waals surface area contributed by atoms with Crippen molar-refractivity contribution in [3.8, 4) is 0 Å². The van der Waals surface area contributed by atoms with Crippen molar-refractivity contribution in [1.29, 1.82) is 0 Å². The molecule has 0 aromatic rings. The molecule has 2 aliphatic heterocycles. The van der Waals surface area contributed by atoms with Gasteiger partial charge >= 0.3 is 5.97 Å². The first-order valence-corrected chi connectivity index (χ1v) is 3.28. The van der Waals surface area contributed by atoms with Crippen molar-refractivity contribution in [2.45, 2.75) is 0 Å². The predicted molar refractivity (Wildman–Crippen MR) is 39.5 cm³/mol. The van der Waals surface area contributed by atoms with Gasteiger partial charge < -0.3 is 14.6 Å². The number of carbonyl (C=O) groups is 1. The van der Waals surface area contributed by atoms with E-state index in [1.54, 1.807) is 0 Å². The number of carboxylic acid groups (broad SMARTS) is 1. The van der Waals surface area contributed by atoms with Gasteiger partial charge in [-0.15, -0.1) is 0 Å². The highest BCUT2D eigenvalue weighted by Gasteiger charge is 1.94. The van der Waals surface area contributed by atoms with Crippen LogP contribution < -0.4 is 0 Å². The van der Waals surface area contributed by atoms with E-state index in [2.05, 4.69) is 16.1 Å². The summed E-state index contributed by atoms with van der Waals surface area (Å²) in [5, 5.41) is 7.60. The molecule has 0 unspecified atom stereocenters. The Balaban J connectivity index is 0.000000142. The minimum atomic E-state index is -0.981. The number of rotatable bonds is 1. The Morgan fingerprint density at radius 1 is 1.27 bits per heavy atom. The van der Waals surface area contributed by atoms with Gasteiger partial charge in [0.15, 0.2) is 0 Å². The Labute approximate surface area is 65.4 Å². The topological polar surface area (TPSA) is 62.4 Å². The van der Waals surface area contributed by atoms with Crippen molar-refractivity contribution >= 4 is 5.97 Å². The fourth-order valence-electron chi connectivity index (χ4n) is 0. The van der Waals surface area contributed by atoms with E-state index in [0.29, 0.717) is 0 Å². The molecule has 2 aliphatic rings. The zero-order chi connectivity index (χ0) is 8.53. The van der Waals surface area contributed by atoms with E-state index in [1.807, 2.05) is 0 Å². The lowest BCUT2D eigenvalue weighted by molar-refractivity contribution is -0.131. The molecule has 64 valence electrons. The van der Waals surface area contributed by atoms with Crippen LogP contribution in [0.4, 0.5) is 0 Å². The standard InChI is InChI=1S/C3H4O2.2C2H4O/c1-2-3(4)5;2*1-2-3-1/h2H,1H2,(H,4,5);2*1-2H2. The molecule has 0 atom stereocenters. The monoisotopic (exact) mass is 160 g/mol. The van der Waals surface area contributed by atoms with Crippen LogP contribution >= 0.6 is 0 Å². The van der Waals surface area contributed by atoms with Gasteiger partial charge in [0.25, 0.3) is 0 Å². The average molecular weight is 160 g/mol. The third-order valence-electron chi connectivity index (χ3n) is 0.583. The van der Waals surface area contributed by atoms with Crippen LogP contribution in [0.1, 0.15) is 0 Å². The minimum absolute atomic E-state index is 0.833. The second kappa shape index (κ2) is 7.24. The van der Waals surface area contributed by atoms with Gasteiger partial charge in [0.05, 0.1) is 26.4 Å². The predicted octanol–water partition coefficient (Wildman–Crippen LogP) is 0.290. The quantitative estimate of drug-likeness (QED) is 0.442. The molecule has 0 saturated carbocycles. The molecule has 4 nitrogen and oxygen atoms in total. The van der Waals surface area contributed by atoms with E-state index in [1.165, 1.54) is 0 Å². The molecule has 0 radical (unpaired) electrons. The Bertz CT molecular complexity index is 106. The molecule has 4 heteroatoms. The number of ether oxygens (including phenoxy) is 2. The van der Waals surface area contributed by atoms with Gasteiger partial charge in [0, 0.05) is 6.08 Å². The largest absolute Gasteiger partial charge is 0.478 e. The zero-order valence-corrected chi connectivity index (χ0v) is 6.28. The molecule has 1 N–H and O–H groups in total. The number of epoxide rings is 2. The fourth-order valence-corrected chi connectivity index (χ4v) is 0. The first-order valence-electron chi connectivity index (χ1n) is 3.28. The molecule has 0 aromatic carbocycles. The Morgan fingerprint density at radius 2 is 1.45 bits per heavy atom. The summed E-state index contributed by atoms with van der Waals surface area (Å²) in [5.74, 6) is -0.981. The fraction of sp³-hybridized carbons (Fsp3) is 0.571. The highest BCUT2D eigenvalue weighted by atomic mass is 16.6. The van der Waals surface area contributed by atoms with E-state index in [0.717, 1.165) is 32.5 Å². The molecule has 2 heterocycles. The van der Waals surface area contributed by atoms with Gasteiger partial charge in [0.1, 0.15) is 0 Å². The van der Waals surface area contributed by atoms with Crippen LogP contribution in [0.25, 0.3) is 0 Å². The van der Waals surface area contributed by atoms with Crippen LogP contribution in [0.5, 0.6) is 0 Å². The summed E-state index contributed by atoms with van der Waals surface area (Å²) in [6.45, 7) is 6.96. The van der Waals surface area contributed by atoms with Crippen molar-refractivity contribution in [2.75, 3.05) is 26.4 Å². The highest BCUT2D eigenvalue weighted by Crippen LogP contribution is 1.85. The average Bonchev–Trinajstić information content (AvgIpc) is 2.74. The van der Waals surface area contributed by atoms with Crippen LogP contribution in [-0.4, -0.2) is 37.5 Å². The van der Waals surface area contributed by atoms with Crippen LogP contribution in [0.15, 0.2) is 12.7 Å². The molecule has 2 rings (SSSR count). The van der Waals surface area contributed by atoms with Crippen molar-refractivity contribution in [3.05, 3.63) is 12.7 Å². The van der Waals surface area contributed by atoms with Crippen LogP contribution in [-0.2, 0) is 14.3 Å². The lowest BCUT2D eigenvalue weighted by Crippen LogP contribution is -1.82. The van der Waals surface area contributed by atoms with Crippen molar-refractivity contribution in [3.63, 3.8) is 0 Å². The first-order chi connectivity index (χ1) is 5.27. The molecular formula is C7H12O4. The van der Waals surface area contributed by atoms with Crippen molar-refractivity contribution < 1.29 is 19.4 Å². The van der Waals surface area contributed by atoms with E-state index in [4.69, 9.17) is 5.11 Å². The lowest BCUT2D eigenvalue weighted by Gasteiger charge is -1.64. The zero-order valence-electron chi connectivity index (χ0n) is 6.28. The molecule has 2 saturated heterocycles. The van der Waals surface area contributed by atoms with E-state index in [9.17, 15) is 4.79 Å². The van der Waals surface area contributed by atoms with Crippen molar-refractivity contribution in [1.82, 2.24) is 0 Å². The van der Waals surface area contributed by atoms with Gasteiger partial charge in [-0.25, -0.2) is 4.79 Å². The normalized spacial score (nSPS) is 16.0. The lowest BCUT2D eigenvalue weighted by atomic mass is 10.7. The number of aliphatic carboxylic acids is 1. The maximum absolute atomic E-state index is 9.25. The van der Waals surface area contributed by atoms with Crippen LogP contribution in [0.2, 0.25) is 0 Å². The minimum Gasteiger partial charge on any atom is -0.478 e. The van der Waals surface area contributed by atoms with E-state index >= 15 is 0 Å². The summed E-state index contributed by atoms with van der Waals surface area (Å²) in [5.41, 5.74) is 0. The molecular weight excluding hydrogens is 148 g/mol. The van der Waals surface area contributed by atoms with Gasteiger partial charge in [-0.3, -0.25) is 0 Å². The second-order valence-corrected chi connectivity index (χ2v) is 1.77. The smallest absolute Gasteiger partial charge is 0.327 e. The van der Waals surface area contributed by atoms with Gasteiger partial charge in [-0.05, 0) is 0 Å². The summed E-state index contributed by atoms with van der Waals surface area (Å²) in [6.07, 6.45) is 0.833. The summed E-state index contributed by atoms with van der Waals surface area (Å²) < 4.78 is 9.00. The van der Waals surface area contributed by atoms with Crippen LogP contribution in [0, 0.1) is 0 Å². The summed E-state index contributed by atoms with van der Waals surface area (Å²) >= 11 is 0. The number of hydrogen-bond acceptors (Lipinski definition) is 3. The summed E-state index contributed by atoms with van der Waals surface area (Å²) in [7, 11) is 0. The number of carboxylic acids is 1. The van der Waals surface area contributed by atoms with E-state index in [-0.39, 0.29) is 0 Å². The molecule has 0 spiro atoms. The Hall–Kier alpha value is -0.870. The molecule has 0 aromatic heterocycles. The van der Waals surface area contributed by atoms with Gasteiger partial charge in [-0.2, -0.15) is 0 Å². The molecule has 0 bridgehead atoms. The molecule has 2 fully saturated rings. The summed E-state index contributed by atoms with van der Waals surface area (Å²) in [6, 6.07) is 0. The third kappa shape index (κ3) is 47.4. The van der Waals surface area contributed by atoms with Gasteiger partial charge in [-0.1, -0.05) is 6.58 Å². The van der Waals surface area contributed by atoms with Gasteiger partial charge in [0.2, 0.25) is 0 Å². The highest BCUT2D eigenvalue weighted by molar-refractivity contribution is 5.78. The van der Waals surface area contributed by atoms with Crippen molar-refractivity contribution in [2.24, 2.45) is 0 Å². The second-order valence-electron chi connectivity index (χ2n) is 1.77. The summed E-state index contributed by atoms with van der Waals surface area (Å²) in [4.78, 5) is 9.25. The molecule has 0 aliphatic carbocycles. The maximum Gasteiger partial charge on any atom is 0.327 e. The molecule has 11 heavy (non-hydrogen) atoms. The van der Waals surface area contributed by atoms with Crippen LogP contribution in [0.3, 0.4) is 0 Å².